The van der Waals surface area contributed by atoms with Crippen molar-refractivity contribution in [2.45, 2.75) is 6.42 Å². The number of aromatic nitrogens is 1. The van der Waals surface area contributed by atoms with Crippen LogP contribution in [0.25, 0.3) is 21.8 Å². The average Bonchev–Trinajstić information content (AvgIpc) is 2.67. The van der Waals surface area contributed by atoms with Crippen LogP contribution in [0, 0.1) is 0 Å². The molecule has 5 nitrogen and oxygen atoms in total. The molecule has 0 fully saturated rings. The Bertz CT molecular complexity index is 1230. The van der Waals surface area contributed by atoms with Crippen molar-refractivity contribution in [3.8, 4) is 5.75 Å². The van der Waals surface area contributed by atoms with Gasteiger partial charge in [-0.05, 0) is 29.3 Å². The van der Waals surface area contributed by atoms with Crippen LogP contribution in [0.1, 0.15) is 11.1 Å². The van der Waals surface area contributed by atoms with Crippen LogP contribution >= 0.6 is 0 Å². The molecule has 1 N–H and O–H groups in total. The number of para-hydroxylation sites is 2. The maximum atomic E-state index is 11.5. The van der Waals surface area contributed by atoms with Crippen molar-refractivity contribution >= 4 is 37.5 Å². The lowest BCUT2D eigenvalue weighted by Gasteiger charge is -2.14. The summed E-state index contributed by atoms with van der Waals surface area (Å²) in [6.07, 6.45) is 1.77. The number of benzene rings is 3. The molecule has 0 atom stereocenters. The normalized spacial score (nSPS) is 11.6. The van der Waals surface area contributed by atoms with Crippen molar-refractivity contribution in [2.75, 3.05) is 18.1 Å². The van der Waals surface area contributed by atoms with Crippen molar-refractivity contribution < 1.29 is 13.2 Å². The van der Waals surface area contributed by atoms with Crippen LogP contribution in [0.2, 0.25) is 0 Å². The van der Waals surface area contributed by atoms with Crippen molar-refractivity contribution in [3.63, 3.8) is 0 Å². The number of ether oxygens (including phenoxy) is 1. The highest BCUT2D eigenvalue weighted by Crippen LogP contribution is 2.32. The third-order valence-electron chi connectivity index (χ3n) is 4.66. The maximum Gasteiger partial charge on any atom is 0.229 e. The molecule has 0 saturated heterocycles. The van der Waals surface area contributed by atoms with E-state index in [2.05, 4.69) is 16.9 Å². The lowest BCUT2D eigenvalue weighted by molar-refractivity contribution is 0.411. The van der Waals surface area contributed by atoms with E-state index in [1.165, 1.54) is 5.56 Å². The zero-order chi connectivity index (χ0) is 19.7. The molecule has 3 aromatic carbocycles. The highest BCUT2D eigenvalue weighted by molar-refractivity contribution is 7.92. The van der Waals surface area contributed by atoms with Crippen molar-refractivity contribution in [2.24, 2.45) is 0 Å². The summed E-state index contributed by atoms with van der Waals surface area (Å²) < 4.78 is 31.1. The molecule has 1 aromatic heterocycles. The van der Waals surface area contributed by atoms with Gasteiger partial charge in [0.05, 0.1) is 30.1 Å². The van der Waals surface area contributed by atoms with Gasteiger partial charge in [-0.1, -0.05) is 42.5 Å². The van der Waals surface area contributed by atoms with Gasteiger partial charge in [-0.25, -0.2) is 13.4 Å². The fraction of sp³-hybridized carbons (Fsp3) is 0.136. The molecule has 4 aromatic rings. The number of methoxy groups -OCH3 is 1. The fourth-order valence-corrected chi connectivity index (χ4v) is 4.03. The molecule has 0 saturated carbocycles. The number of fused-ring (bicyclic) bond motifs is 2. The monoisotopic (exact) mass is 392 g/mol. The van der Waals surface area contributed by atoms with Crippen LogP contribution in [0.15, 0.2) is 66.7 Å². The molecule has 6 heteroatoms. The molecule has 0 spiro atoms. The number of nitrogens with zero attached hydrogens (tertiary/aromatic N) is 1. The van der Waals surface area contributed by atoms with Gasteiger partial charge in [-0.3, -0.25) is 4.72 Å². The largest absolute Gasteiger partial charge is 0.496 e. The Kier molecular flexibility index (Phi) is 4.65. The summed E-state index contributed by atoms with van der Waals surface area (Å²) in [6.45, 7) is 0. The molecule has 4 rings (SSSR count). The first-order valence-corrected chi connectivity index (χ1v) is 10.7. The summed E-state index contributed by atoms with van der Waals surface area (Å²) in [5, 5.41) is 2.20. The molecule has 0 aliphatic heterocycles. The lowest BCUT2D eigenvalue weighted by Crippen LogP contribution is -2.09. The predicted octanol–water partition coefficient (Wildman–Crippen LogP) is 4.36. The van der Waals surface area contributed by atoms with Gasteiger partial charge in [0.25, 0.3) is 0 Å². The van der Waals surface area contributed by atoms with E-state index in [-0.39, 0.29) is 0 Å². The van der Waals surface area contributed by atoms with Gasteiger partial charge in [0, 0.05) is 23.3 Å². The van der Waals surface area contributed by atoms with Crippen LogP contribution in [0.5, 0.6) is 5.75 Å². The minimum Gasteiger partial charge on any atom is -0.496 e. The van der Waals surface area contributed by atoms with Crippen LogP contribution < -0.4 is 9.46 Å². The second kappa shape index (κ2) is 7.13. The van der Waals surface area contributed by atoms with E-state index >= 15 is 0 Å². The summed E-state index contributed by atoms with van der Waals surface area (Å²) in [6, 6.07) is 21.6. The number of rotatable bonds is 5. The van der Waals surface area contributed by atoms with Crippen LogP contribution in [0.4, 0.5) is 5.69 Å². The average molecular weight is 392 g/mol. The number of pyridine rings is 1. The molecule has 0 bridgehead atoms. The molecule has 0 aliphatic rings. The minimum atomic E-state index is -3.35. The van der Waals surface area contributed by atoms with Gasteiger partial charge >= 0.3 is 0 Å². The lowest BCUT2D eigenvalue weighted by atomic mass is 9.96. The summed E-state index contributed by atoms with van der Waals surface area (Å²) in [4.78, 5) is 4.77. The zero-order valence-corrected chi connectivity index (χ0v) is 16.5. The SMILES string of the molecule is COc1cc(NS(C)(=O)=O)ccc1Cc1c2ccccc2nc2ccccc12. The Morgan fingerprint density at radius 2 is 1.54 bits per heavy atom. The number of hydrogen-bond acceptors (Lipinski definition) is 4. The van der Waals surface area contributed by atoms with Gasteiger partial charge in [-0.15, -0.1) is 0 Å². The molecule has 0 aliphatic carbocycles. The van der Waals surface area contributed by atoms with Gasteiger partial charge in [-0.2, -0.15) is 0 Å². The van der Waals surface area contributed by atoms with Crippen LogP contribution in [-0.4, -0.2) is 26.8 Å². The first-order valence-electron chi connectivity index (χ1n) is 8.86. The second-order valence-corrected chi connectivity index (χ2v) is 8.45. The summed E-state index contributed by atoms with van der Waals surface area (Å²) in [7, 11) is -1.76. The Balaban J connectivity index is 1.85. The van der Waals surface area contributed by atoms with Crippen LogP contribution in [0.3, 0.4) is 0 Å². The van der Waals surface area contributed by atoms with Gasteiger partial charge in [0.15, 0.2) is 0 Å². The molecule has 1 heterocycles. The fourth-order valence-electron chi connectivity index (χ4n) is 3.48. The highest BCUT2D eigenvalue weighted by atomic mass is 32.2. The number of hydrogen-bond donors (Lipinski definition) is 1. The molecule has 0 radical (unpaired) electrons. The van der Waals surface area contributed by atoms with Gasteiger partial charge in [0.2, 0.25) is 10.0 Å². The third-order valence-corrected chi connectivity index (χ3v) is 5.26. The van der Waals surface area contributed by atoms with Crippen molar-refractivity contribution in [3.05, 3.63) is 77.9 Å². The number of anilines is 1. The molecule has 142 valence electrons. The Morgan fingerprint density at radius 3 is 2.11 bits per heavy atom. The maximum absolute atomic E-state index is 11.5. The standard InChI is InChI=1S/C22H20N2O3S/c1-27-22-14-16(24-28(2,25)26)12-11-15(22)13-19-17-7-3-5-9-20(17)23-21-10-6-4-8-18(19)21/h3-12,14,24H,13H2,1-2H3. The van der Waals surface area contributed by atoms with Crippen molar-refractivity contribution in [1.29, 1.82) is 0 Å². The van der Waals surface area contributed by atoms with E-state index in [1.54, 1.807) is 19.2 Å². The summed E-state index contributed by atoms with van der Waals surface area (Å²) in [5.41, 5.74) is 4.52. The Hall–Kier alpha value is -3.12. The Labute approximate surface area is 164 Å². The summed E-state index contributed by atoms with van der Waals surface area (Å²) >= 11 is 0. The van der Waals surface area contributed by atoms with E-state index in [4.69, 9.17) is 9.72 Å². The van der Waals surface area contributed by atoms with Gasteiger partial charge < -0.3 is 4.74 Å². The quantitative estimate of drug-likeness (QED) is 0.513. The first-order chi connectivity index (χ1) is 13.4. The molecule has 28 heavy (non-hydrogen) atoms. The predicted molar refractivity (Wildman–Crippen MR) is 114 cm³/mol. The minimum absolute atomic E-state index is 0.479. The van der Waals surface area contributed by atoms with E-state index in [0.717, 1.165) is 33.6 Å². The zero-order valence-electron chi connectivity index (χ0n) is 15.6. The molecule has 0 unspecified atom stereocenters. The van der Waals surface area contributed by atoms with E-state index < -0.39 is 10.0 Å². The number of nitrogens with one attached hydrogen (secondary N) is 1. The number of sulfonamides is 1. The summed E-state index contributed by atoms with van der Waals surface area (Å²) in [5.74, 6) is 0.638. The van der Waals surface area contributed by atoms with E-state index in [0.29, 0.717) is 17.9 Å². The van der Waals surface area contributed by atoms with E-state index in [1.807, 2.05) is 42.5 Å². The molecule has 0 amide bonds. The van der Waals surface area contributed by atoms with Crippen molar-refractivity contribution in [1.82, 2.24) is 4.98 Å². The van der Waals surface area contributed by atoms with Gasteiger partial charge in [0.1, 0.15) is 5.75 Å². The van der Waals surface area contributed by atoms with E-state index in [9.17, 15) is 8.42 Å². The topological polar surface area (TPSA) is 68.3 Å². The highest BCUT2D eigenvalue weighted by Gasteiger charge is 2.13. The third kappa shape index (κ3) is 3.64. The van der Waals surface area contributed by atoms with Crippen LogP contribution in [-0.2, 0) is 16.4 Å². The Morgan fingerprint density at radius 1 is 0.929 bits per heavy atom. The first kappa shape index (κ1) is 18.3. The smallest absolute Gasteiger partial charge is 0.229 e. The second-order valence-electron chi connectivity index (χ2n) is 6.70. The molecular weight excluding hydrogens is 372 g/mol. The molecular formula is C22H20N2O3S.